The van der Waals surface area contributed by atoms with E-state index in [1.165, 1.54) is 28.0 Å². The molecule has 0 atom stereocenters. The molecule has 1 N–H and O–H groups in total. The molecule has 1 aliphatic rings. The van der Waals surface area contributed by atoms with Crippen LogP contribution >= 0.6 is 0 Å². The summed E-state index contributed by atoms with van der Waals surface area (Å²) in [6.45, 7) is 1.13. The Labute approximate surface area is 83.6 Å². The second-order valence-electron chi connectivity index (χ2n) is 3.02. The van der Waals surface area contributed by atoms with E-state index in [1.54, 1.807) is 19.4 Å². The zero-order valence-corrected chi connectivity index (χ0v) is 9.77. The Kier molecular flexibility index (Phi) is 2.53. The maximum atomic E-state index is 3.45. The predicted octanol–water partition coefficient (Wildman–Crippen LogP) is 1.25. The fraction of sp³-hybridized carbons (Fsp3) is 0.300. The van der Waals surface area contributed by atoms with E-state index in [0.29, 0.717) is 0 Å². The van der Waals surface area contributed by atoms with Crippen LogP contribution in [-0.4, -0.2) is 10.6 Å². The van der Waals surface area contributed by atoms with Crippen LogP contribution in [0.2, 0.25) is 0 Å². The molecule has 0 aliphatic carbocycles. The minimum absolute atomic E-state index is 1.13. The number of hydrogen-bond donors (Lipinski definition) is 1. The first-order valence-corrected chi connectivity index (χ1v) is 5.71. The van der Waals surface area contributed by atoms with E-state index in [1.807, 2.05) is 0 Å². The molecular formula is C10H11NW. The molecule has 2 heteroatoms. The fourth-order valence-corrected chi connectivity index (χ4v) is 2.62. The van der Waals surface area contributed by atoms with Gasteiger partial charge in [0.05, 0.1) is 0 Å². The van der Waals surface area contributed by atoms with Gasteiger partial charge in [-0.25, -0.2) is 0 Å². The summed E-state index contributed by atoms with van der Waals surface area (Å²) in [5.74, 6) is 0. The van der Waals surface area contributed by atoms with E-state index >= 15 is 0 Å². The van der Waals surface area contributed by atoms with Crippen molar-refractivity contribution in [2.45, 2.75) is 12.8 Å². The van der Waals surface area contributed by atoms with Gasteiger partial charge in [0, 0.05) is 0 Å². The second kappa shape index (κ2) is 3.63. The molecule has 0 amide bonds. The quantitative estimate of drug-likeness (QED) is 0.756. The number of rotatable bonds is 0. The van der Waals surface area contributed by atoms with Gasteiger partial charge < -0.3 is 0 Å². The van der Waals surface area contributed by atoms with E-state index in [2.05, 4.69) is 29.6 Å². The molecule has 0 saturated heterocycles. The average molecular weight is 329 g/mol. The van der Waals surface area contributed by atoms with E-state index in [0.717, 1.165) is 6.54 Å². The molecule has 1 nitrogen and oxygen atoms in total. The van der Waals surface area contributed by atoms with Gasteiger partial charge in [-0.3, -0.25) is 0 Å². The third kappa shape index (κ3) is 1.57. The van der Waals surface area contributed by atoms with Gasteiger partial charge in [0.2, 0.25) is 0 Å². The van der Waals surface area contributed by atoms with Gasteiger partial charge in [0.1, 0.15) is 0 Å². The number of benzene rings is 1. The first-order chi connectivity index (χ1) is 5.88. The van der Waals surface area contributed by atoms with Crippen LogP contribution in [0.4, 0.5) is 0 Å². The predicted molar refractivity (Wildman–Crippen MR) is 46.9 cm³/mol. The van der Waals surface area contributed by atoms with Crippen molar-refractivity contribution in [1.82, 2.24) is 5.32 Å². The molecule has 0 spiro atoms. The number of hydrogen-bond acceptors (Lipinski definition) is 1. The summed E-state index contributed by atoms with van der Waals surface area (Å²) in [5, 5.41) is 3.45. The van der Waals surface area contributed by atoms with Crippen molar-refractivity contribution in [3.8, 4) is 0 Å². The summed E-state index contributed by atoms with van der Waals surface area (Å²) in [6, 6.07) is 8.71. The van der Waals surface area contributed by atoms with Gasteiger partial charge >= 0.3 is 83.5 Å². The molecule has 1 aliphatic heterocycles. The van der Waals surface area contributed by atoms with E-state index in [-0.39, 0.29) is 0 Å². The van der Waals surface area contributed by atoms with Crippen LogP contribution in [-0.2, 0) is 25.8 Å². The van der Waals surface area contributed by atoms with Crippen LogP contribution in [0.5, 0.6) is 0 Å². The molecule has 1 heterocycles. The van der Waals surface area contributed by atoms with Crippen molar-refractivity contribution in [3.63, 3.8) is 0 Å². The van der Waals surface area contributed by atoms with Gasteiger partial charge in [-0.2, -0.15) is 0 Å². The fourth-order valence-electron chi connectivity index (χ4n) is 1.54. The first-order valence-electron chi connectivity index (χ1n) is 4.24. The van der Waals surface area contributed by atoms with Crippen molar-refractivity contribution in [2.24, 2.45) is 0 Å². The molecule has 0 radical (unpaired) electrons. The minimum atomic E-state index is 1.13. The zero-order valence-electron chi connectivity index (χ0n) is 6.84. The summed E-state index contributed by atoms with van der Waals surface area (Å²) in [4.78, 5) is 0. The van der Waals surface area contributed by atoms with Crippen LogP contribution in [0, 0.1) is 0 Å². The summed E-state index contributed by atoms with van der Waals surface area (Å²) in [7, 11) is 0. The molecule has 1 aromatic carbocycles. The molecule has 62 valence electrons. The van der Waals surface area contributed by atoms with Crippen LogP contribution in [0.25, 0.3) is 0 Å². The Morgan fingerprint density at radius 3 is 3.00 bits per heavy atom. The van der Waals surface area contributed by atoms with E-state index < -0.39 is 0 Å². The van der Waals surface area contributed by atoms with Gasteiger partial charge in [-0.1, -0.05) is 0 Å². The molecule has 12 heavy (non-hydrogen) atoms. The normalized spacial score (nSPS) is 16.8. The molecule has 0 aromatic heterocycles. The molecule has 0 saturated carbocycles. The van der Waals surface area contributed by atoms with Crippen molar-refractivity contribution in [3.05, 3.63) is 35.4 Å². The van der Waals surface area contributed by atoms with Crippen molar-refractivity contribution in [2.75, 3.05) is 6.54 Å². The Balaban J connectivity index is 2.46. The zero-order chi connectivity index (χ0) is 8.39. The molecule has 0 bridgehead atoms. The van der Waals surface area contributed by atoms with Crippen molar-refractivity contribution >= 4 is 4.02 Å². The topological polar surface area (TPSA) is 12.0 Å². The Hall–Kier alpha value is -0.262. The first kappa shape index (κ1) is 8.34. The average Bonchev–Trinajstić information content (AvgIpc) is 2.29. The Morgan fingerprint density at radius 2 is 2.08 bits per heavy atom. The summed E-state index contributed by atoms with van der Waals surface area (Å²) < 4.78 is 1.41. The van der Waals surface area contributed by atoms with Crippen molar-refractivity contribution < 1.29 is 19.4 Å². The van der Waals surface area contributed by atoms with Gasteiger partial charge in [-0.05, 0) is 0 Å². The van der Waals surface area contributed by atoms with Crippen LogP contribution < -0.4 is 5.32 Å². The molecule has 0 unspecified atom stereocenters. The Morgan fingerprint density at radius 1 is 1.25 bits per heavy atom. The summed E-state index contributed by atoms with van der Waals surface area (Å²) in [6.07, 6.45) is 2.48. The van der Waals surface area contributed by atoms with Gasteiger partial charge in [0.15, 0.2) is 0 Å². The molecular weight excluding hydrogens is 318 g/mol. The maximum absolute atomic E-state index is 3.45. The monoisotopic (exact) mass is 329 g/mol. The molecule has 1 aromatic rings. The standard InChI is InChI=1S/C10H11N.W/c1-2-5-10-8-11-7-3-6-9(10)4-1;/h1-2,4-5,11H,3,6-7H2;. The summed E-state index contributed by atoms with van der Waals surface area (Å²) in [5.41, 5.74) is 2.94. The molecule has 0 fully saturated rings. The Bertz CT molecular complexity index is 306. The van der Waals surface area contributed by atoms with Crippen molar-refractivity contribution in [1.29, 1.82) is 0 Å². The van der Waals surface area contributed by atoms with Crippen LogP contribution in [0.15, 0.2) is 24.3 Å². The van der Waals surface area contributed by atoms with Gasteiger partial charge in [0.25, 0.3) is 0 Å². The number of fused-ring (bicyclic) bond motifs is 1. The third-order valence-corrected chi connectivity index (χ3v) is 3.48. The van der Waals surface area contributed by atoms with Crippen LogP contribution in [0.1, 0.15) is 17.5 Å². The second-order valence-corrected chi connectivity index (χ2v) is 4.48. The molecule has 2 rings (SSSR count). The number of nitrogens with one attached hydrogen (secondary N) is 1. The summed E-state index contributed by atoms with van der Waals surface area (Å²) >= 11 is 1.54. The third-order valence-electron chi connectivity index (χ3n) is 2.17. The van der Waals surface area contributed by atoms with Crippen LogP contribution in [0.3, 0.4) is 0 Å². The van der Waals surface area contributed by atoms with E-state index in [9.17, 15) is 0 Å². The van der Waals surface area contributed by atoms with E-state index in [4.69, 9.17) is 0 Å². The number of aryl methyl sites for hydroxylation is 1. The van der Waals surface area contributed by atoms with Gasteiger partial charge in [-0.15, -0.1) is 0 Å². The SMILES string of the molecule is [W]=[C]1NCCCc2ccccc21.